The van der Waals surface area contributed by atoms with Gasteiger partial charge in [0.25, 0.3) is 5.56 Å². The Morgan fingerprint density at radius 2 is 2.06 bits per heavy atom. The van der Waals surface area contributed by atoms with Crippen molar-refractivity contribution in [2.75, 3.05) is 36.6 Å². The maximum atomic E-state index is 13.2. The third kappa shape index (κ3) is 5.70. The van der Waals surface area contributed by atoms with Crippen LogP contribution in [0.15, 0.2) is 39.0 Å². The molecule has 0 aliphatic heterocycles. The summed E-state index contributed by atoms with van der Waals surface area (Å²) in [6.45, 7) is 2.59. The van der Waals surface area contributed by atoms with E-state index < -0.39 is 11.2 Å². The van der Waals surface area contributed by atoms with Crippen LogP contribution in [0.3, 0.4) is 0 Å². The molecule has 0 bridgehead atoms. The third-order valence-corrected chi connectivity index (χ3v) is 6.14. The number of nitrogens with one attached hydrogen (secondary N) is 2. The second-order valence-electron chi connectivity index (χ2n) is 7.22. The highest BCUT2D eigenvalue weighted by atomic mass is 32.2. The molecular formula is C21H26N6O4S2. The van der Waals surface area contributed by atoms with Crippen molar-refractivity contribution in [1.29, 1.82) is 0 Å². The van der Waals surface area contributed by atoms with E-state index in [0.717, 1.165) is 29.1 Å². The van der Waals surface area contributed by atoms with E-state index in [0.29, 0.717) is 22.8 Å². The van der Waals surface area contributed by atoms with Gasteiger partial charge < -0.3 is 20.4 Å². The molecule has 0 atom stereocenters. The van der Waals surface area contributed by atoms with E-state index in [4.69, 9.17) is 22.7 Å². The standard InChI is InChI=1S/C21H26N6O4S2/c1-3-4-9-27-17(22)16(18(29)24-21(27)30)26(10-11-31-2)15(28)12-33-20-23-14-8-6-5-7-13(14)19(32)25-20/h5-8H,3-4,9-12,22H2,1-2H3,(H,23,25,32)(H,24,29,30). The van der Waals surface area contributed by atoms with Crippen LogP contribution in [0.5, 0.6) is 0 Å². The van der Waals surface area contributed by atoms with Gasteiger partial charge in [0.1, 0.15) is 10.5 Å². The number of thioether (sulfide) groups is 1. The molecule has 176 valence electrons. The number of ether oxygens (including phenoxy) is 1. The first-order valence-corrected chi connectivity index (χ1v) is 11.8. The molecule has 4 N–H and O–H groups in total. The average molecular weight is 491 g/mol. The van der Waals surface area contributed by atoms with Gasteiger partial charge in [-0.1, -0.05) is 49.5 Å². The van der Waals surface area contributed by atoms with E-state index in [-0.39, 0.29) is 36.3 Å². The second kappa shape index (κ2) is 11.3. The van der Waals surface area contributed by atoms with E-state index >= 15 is 0 Å². The molecule has 0 saturated carbocycles. The van der Waals surface area contributed by atoms with Crippen LogP contribution < -0.4 is 21.9 Å². The van der Waals surface area contributed by atoms with E-state index in [2.05, 4.69) is 15.0 Å². The minimum Gasteiger partial charge on any atom is -0.383 e. The number of hydrogen-bond donors (Lipinski definition) is 3. The highest BCUT2D eigenvalue weighted by Crippen LogP contribution is 2.22. The number of nitrogens with two attached hydrogens (primary N) is 1. The van der Waals surface area contributed by atoms with Gasteiger partial charge in [0.15, 0.2) is 10.8 Å². The first kappa shape index (κ1) is 24.7. The van der Waals surface area contributed by atoms with Gasteiger partial charge in [-0.05, 0) is 18.6 Å². The van der Waals surface area contributed by atoms with Gasteiger partial charge in [-0.3, -0.25) is 19.1 Å². The summed E-state index contributed by atoms with van der Waals surface area (Å²) in [4.78, 5) is 49.1. The molecular weight excluding hydrogens is 464 g/mol. The summed E-state index contributed by atoms with van der Waals surface area (Å²) >= 11 is 6.51. The van der Waals surface area contributed by atoms with Gasteiger partial charge in [-0.25, -0.2) is 9.78 Å². The van der Waals surface area contributed by atoms with Gasteiger partial charge in [0, 0.05) is 25.6 Å². The molecule has 3 aromatic rings. The van der Waals surface area contributed by atoms with Crippen LogP contribution in [0.2, 0.25) is 0 Å². The van der Waals surface area contributed by atoms with Crippen LogP contribution in [0, 0.1) is 4.64 Å². The van der Waals surface area contributed by atoms with E-state index in [1.165, 1.54) is 16.6 Å². The maximum Gasteiger partial charge on any atom is 0.330 e. The number of benzene rings is 1. The van der Waals surface area contributed by atoms with Crippen molar-refractivity contribution in [3.63, 3.8) is 0 Å². The smallest absolute Gasteiger partial charge is 0.330 e. The lowest BCUT2D eigenvalue weighted by Crippen LogP contribution is -2.43. The zero-order valence-electron chi connectivity index (χ0n) is 18.4. The topological polar surface area (TPSA) is 139 Å². The number of anilines is 2. The number of carbonyl (C=O) groups is 1. The monoisotopic (exact) mass is 490 g/mol. The Kier molecular flexibility index (Phi) is 8.42. The number of aromatic amines is 2. The van der Waals surface area contributed by atoms with Crippen molar-refractivity contribution < 1.29 is 9.53 Å². The number of unbranched alkanes of at least 4 members (excludes halogenated alkanes) is 1. The van der Waals surface area contributed by atoms with Crippen molar-refractivity contribution in [3.8, 4) is 0 Å². The molecule has 0 unspecified atom stereocenters. The number of rotatable bonds is 10. The molecule has 0 aliphatic carbocycles. The Balaban J connectivity index is 1.90. The summed E-state index contributed by atoms with van der Waals surface area (Å²) in [5, 5.41) is 1.30. The molecule has 0 aliphatic rings. The van der Waals surface area contributed by atoms with Crippen LogP contribution in [0.25, 0.3) is 10.9 Å². The summed E-state index contributed by atoms with van der Waals surface area (Å²) in [6, 6.07) is 7.50. The first-order chi connectivity index (χ1) is 15.9. The van der Waals surface area contributed by atoms with Crippen LogP contribution in [-0.4, -0.2) is 51.4 Å². The van der Waals surface area contributed by atoms with Gasteiger partial charge in [0.05, 0.1) is 17.9 Å². The van der Waals surface area contributed by atoms with Gasteiger partial charge in [0.2, 0.25) is 5.91 Å². The van der Waals surface area contributed by atoms with Gasteiger partial charge >= 0.3 is 5.69 Å². The predicted octanol–water partition coefficient (Wildman–Crippen LogP) is 2.30. The number of nitrogens with zero attached hydrogens (tertiary/aromatic N) is 3. The highest BCUT2D eigenvalue weighted by molar-refractivity contribution is 7.99. The number of nitrogen functional groups attached to an aromatic ring is 1. The molecule has 12 heteroatoms. The van der Waals surface area contributed by atoms with Crippen molar-refractivity contribution in [2.24, 2.45) is 0 Å². The number of hydrogen-bond acceptors (Lipinski definition) is 8. The molecule has 0 fully saturated rings. The lowest BCUT2D eigenvalue weighted by atomic mass is 10.2. The number of methoxy groups -OCH3 is 1. The lowest BCUT2D eigenvalue weighted by Gasteiger charge is -2.24. The Bertz CT molecular complexity index is 1320. The fourth-order valence-electron chi connectivity index (χ4n) is 3.27. The van der Waals surface area contributed by atoms with Crippen molar-refractivity contribution in [3.05, 3.63) is 49.7 Å². The van der Waals surface area contributed by atoms with Crippen LogP contribution in [0.4, 0.5) is 11.5 Å². The van der Waals surface area contributed by atoms with Gasteiger partial charge in [-0.15, -0.1) is 0 Å². The largest absolute Gasteiger partial charge is 0.383 e. The Labute approximate surface area is 199 Å². The third-order valence-electron chi connectivity index (χ3n) is 4.97. The minimum absolute atomic E-state index is 0.0344. The maximum absolute atomic E-state index is 13.2. The Morgan fingerprint density at radius 3 is 2.79 bits per heavy atom. The summed E-state index contributed by atoms with van der Waals surface area (Å²) in [6.07, 6.45) is 1.54. The number of aromatic nitrogens is 4. The molecule has 1 amide bonds. The summed E-state index contributed by atoms with van der Waals surface area (Å²) in [5.41, 5.74) is 5.62. The van der Waals surface area contributed by atoms with Crippen molar-refractivity contribution >= 4 is 52.3 Å². The van der Waals surface area contributed by atoms with Crippen molar-refractivity contribution in [2.45, 2.75) is 31.5 Å². The SMILES string of the molecule is CCCCn1c(N)c(N(CCOC)C(=O)CSc2nc(=S)c3ccccc3[nH]2)c(=O)[nH]c1=O. The summed E-state index contributed by atoms with van der Waals surface area (Å²) in [7, 11) is 1.49. The molecule has 0 spiro atoms. The van der Waals surface area contributed by atoms with E-state index in [1.54, 1.807) is 0 Å². The lowest BCUT2D eigenvalue weighted by molar-refractivity contribution is -0.116. The quantitative estimate of drug-likeness (QED) is 0.223. The van der Waals surface area contributed by atoms with Crippen molar-refractivity contribution in [1.82, 2.24) is 19.5 Å². The Hall–Kier alpha value is -2.96. The molecule has 0 radical (unpaired) electrons. The molecule has 2 heterocycles. The molecule has 10 nitrogen and oxygen atoms in total. The first-order valence-electron chi connectivity index (χ1n) is 10.4. The highest BCUT2D eigenvalue weighted by Gasteiger charge is 2.24. The zero-order valence-corrected chi connectivity index (χ0v) is 20.1. The van der Waals surface area contributed by atoms with E-state index in [9.17, 15) is 14.4 Å². The number of H-pyrrole nitrogens is 2. The van der Waals surface area contributed by atoms with Crippen LogP contribution in [-0.2, 0) is 16.1 Å². The zero-order chi connectivity index (χ0) is 24.0. The predicted molar refractivity (Wildman–Crippen MR) is 133 cm³/mol. The summed E-state index contributed by atoms with van der Waals surface area (Å²) in [5.74, 6) is -0.466. The van der Waals surface area contributed by atoms with E-state index in [1.807, 2.05) is 31.2 Å². The number of amides is 1. The Morgan fingerprint density at radius 1 is 1.30 bits per heavy atom. The molecule has 3 rings (SSSR count). The molecule has 1 aromatic carbocycles. The number of carbonyl (C=O) groups excluding carboxylic acids is 1. The fourth-order valence-corrected chi connectivity index (χ4v) is 4.35. The van der Waals surface area contributed by atoms with Crippen LogP contribution in [0.1, 0.15) is 19.8 Å². The minimum atomic E-state index is -0.720. The van der Waals surface area contributed by atoms with Gasteiger partial charge in [-0.2, -0.15) is 0 Å². The average Bonchev–Trinajstić information content (AvgIpc) is 2.79. The number of fused-ring (bicyclic) bond motifs is 1. The molecule has 33 heavy (non-hydrogen) atoms. The number of para-hydroxylation sites is 1. The van der Waals surface area contributed by atoms with Crippen LogP contribution >= 0.6 is 24.0 Å². The molecule has 0 saturated heterocycles. The normalized spacial score (nSPS) is 11.1. The second-order valence-corrected chi connectivity index (χ2v) is 8.57. The fraction of sp³-hybridized carbons (Fsp3) is 0.381. The molecule has 2 aromatic heterocycles. The summed E-state index contributed by atoms with van der Waals surface area (Å²) < 4.78 is 6.82.